The zero-order chi connectivity index (χ0) is 18.1. The van der Waals surface area contributed by atoms with E-state index in [-0.39, 0.29) is 12.3 Å². The molecule has 4 nitrogen and oxygen atoms in total. The fraction of sp³-hybridized carbons (Fsp3) is 0.333. The molecule has 2 aromatic carbocycles. The predicted molar refractivity (Wildman–Crippen MR) is 98.3 cm³/mol. The summed E-state index contributed by atoms with van der Waals surface area (Å²) in [6.07, 6.45) is 2.32. The van der Waals surface area contributed by atoms with Crippen LogP contribution in [0.5, 0.6) is 0 Å². The van der Waals surface area contributed by atoms with Crippen molar-refractivity contribution in [2.75, 3.05) is 6.54 Å². The highest BCUT2D eigenvalue weighted by Gasteiger charge is 2.12. The summed E-state index contributed by atoms with van der Waals surface area (Å²) in [6.45, 7) is 3.09. The number of rotatable bonds is 9. The van der Waals surface area contributed by atoms with Crippen molar-refractivity contribution in [1.29, 1.82) is 0 Å². The van der Waals surface area contributed by atoms with Gasteiger partial charge in [0.25, 0.3) is 0 Å². The molecule has 1 N–H and O–H groups in total. The molecular formula is C21H25NO3. The van der Waals surface area contributed by atoms with E-state index in [1.165, 1.54) is 5.56 Å². The number of hydrogen-bond acceptors (Lipinski definition) is 2. The number of carbonyl (C=O) groups is 2. The highest BCUT2D eigenvalue weighted by molar-refractivity contribution is 5.75. The normalized spacial score (nSPS) is 10.4. The second-order valence-corrected chi connectivity index (χ2v) is 6.15. The molecule has 0 heterocycles. The van der Waals surface area contributed by atoms with Crippen LogP contribution in [0.25, 0.3) is 0 Å². The van der Waals surface area contributed by atoms with E-state index in [0.717, 1.165) is 24.0 Å². The van der Waals surface area contributed by atoms with Gasteiger partial charge < -0.3 is 10.0 Å². The Morgan fingerprint density at radius 1 is 0.960 bits per heavy atom. The number of carboxylic acids is 1. The average Bonchev–Trinajstić information content (AvgIpc) is 2.61. The fourth-order valence-corrected chi connectivity index (χ4v) is 2.87. The van der Waals surface area contributed by atoms with Crippen molar-refractivity contribution in [3.05, 3.63) is 71.3 Å². The molecule has 25 heavy (non-hydrogen) atoms. The van der Waals surface area contributed by atoms with Crippen LogP contribution in [-0.2, 0) is 29.0 Å². The largest absolute Gasteiger partial charge is 0.481 e. The molecule has 0 aliphatic carbocycles. The van der Waals surface area contributed by atoms with Crippen molar-refractivity contribution < 1.29 is 14.7 Å². The minimum Gasteiger partial charge on any atom is -0.481 e. The van der Waals surface area contributed by atoms with Gasteiger partial charge in [0.05, 0.1) is 6.42 Å². The maximum absolute atomic E-state index is 12.3. The van der Waals surface area contributed by atoms with Gasteiger partial charge in [-0.25, -0.2) is 0 Å². The van der Waals surface area contributed by atoms with Gasteiger partial charge in [-0.2, -0.15) is 0 Å². The number of benzene rings is 2. The van der Waals surface area contributed by atoms with Crippen molar-refractivity contribution in [2.45, 2.75) is 39.2 Å². The van der Waals surface area contributed by atoms with E-state index in [4.69, 9.17) is 5.11 Å². The van der Waals surface area contributed by atoms with Crippen molar-refractivity contribution in [3.8, 4) is 0 Å². The van der Waals surface area contributed by atoms with Gasteiger partial charge >= 0.3 is 5.97 Å². The predicted octanol–water partition coefficient (Wildman–Crippen LogP) is 3.69. The molecule has 2 rings (SSSR count). The average molecular weight is 339 g/mol. The monoisotopic (exact) mass is 339 g/mol. The molecule has 0 aromatic heterocycles. The Balaban J connectivity index is 1.97. The smallest absolute Gasteiger partial charge is 0.307 e. The molecule has 0 saturated heterocycles. The van der Waals surface area contributed by atoms with Crippen LogP contribution >= 0.6 is 0 Å². The van der Waals surface area contributed by atoms with E-state index in [9.17, 15) is 9.59 Å². The summed E-state index contributed by atoms with van der Waals surface area (Å²) in [6, 6.07) is 17.7. The Morgan fingerprint density at radius 2 is 1.64 bits per heavy atom. The lowest BCUT2D eigenvalue weighted by molar-refractivity contribution is -0.136. The van der Waals surface area contributed by atoms with Crippen LogP contribution in [0.4, 0.5) is 0 Å². The Labute approximate surface area is 149 Å². The molecule has 0 saturated carbocycles. The molecule has 0 spiro atoms. The molecule has 0 unspecified atom stereocenters. The summed E-state index contributed by atoms with van der Waals surface area (Å²) in [5.74, 6) is -0.724. The van der Waals surface area contributed by atoms with E-state index < -0.39 is 5.97 Å². The van der Waals surface area contributed by atoms with Crippen LogP contribution in [0.3, 0.4) is 0 Å². The number of hydrogen-bond donors (Lipinski definition) is 1. The Kier molecular flexibility index (Phi) is 7.20. The maximum atomic E-state index is 12.3. The lowest BCUT2D eigenvalue weighted by atomic mass is 10.1. The molecule has 0 fully saturated rings. The van der Waals surface area contributed by atoms with Gasteiger partial charge in [0.15, 0.2) is 0 Å². The minimum absolute atomic E-state index is 0.00354. The summed E-state index contributed by atoms with van der Waals surface area (Å²) in [4.78, 5) is 25.0. The standard InChI is InChI=1S/C21H25NO3/c1-2-20(23)22(13-7-12-17-8-4-3-5-9-17)16-19-11-6-10-18(14-19)15-21(24)25/h3-6,8-11,14H,2,7,12-13,15-16H2,1H3,(H,24,25). The van der Waals surface area contributed by atoms with Gasteiger partial charge in [0.1, 0.15) is 0 Å². The lowest BCUT2D eigenvalue weighted by Gasteiger charge is -2.22. The Morgan fingerprint density at radius 3 is 2.32 bits per heavy atom. The first-order valence-electron chi connectivity index (χ1n) is 8.69. The van der Waals surface area contributed by atoms with Crippen molar-refractivity contribution in [3.63, 3.8) is 0 Å². The highest BCUT2D eigenvalue weighted by Crippen LogP contribution is 2.12. The summed E-state index contributed by atoms with van der Waals surface area (Å²) in [7, 11) is 0. The van der Waals surface area contributed by atoms with Gasteiger partial charge in [0.2, 0.25) is 5.91 Å². The van der Waals surface area contributed by atoms with Gasteiger partial charge in [-0.1, -0.05) is 61.5 Å². The van der Waals surface area contributed by atoms with Crippen LogP contribution < -0.4 is 0 Å². The van der Waals surface area contributed by atoms with Crippen molar-refractivity contribution in [2.24, 2.45) is 0 Å². The van der Waals surface area contributed by atoms with Crippen LogP contribution in [0, 0.1) is 0 Å². The summed E-state index contributed by atoms with van der Waals surface area (Å²) in [5.41, 5.74) is 3.01. The Bertz CT molecular complexity index is 697. The third-order valence-electron chi connectivity index (χ3n) is 4.11. The lowest BCUT2D eigenvalue weighted by Crippen LogP contribution is -2.31. The quantitative estimate of drug-likeness (QED) is 0.758. The van der Waals surface area contributed by atoms with E-state index in [1.54, 1.807) is 6.07 Å². The maximum Gasteiger partial charge on any atom is 0.307 e. The van der Waals surface area contributed by atoms with Crippen molar-refractivity contribution >= 4 is 11.9 Å². The topological polar surface area (TPSA) is 57.6 Å². The number of carbonyl (C=O) groups excluding carboxylic acids is 1. The molecule has 0 radical (unpaired) electrons. The van der Waals surface area contributed by atoms with E-state index in [2.05, 4.69) is 12.1 Å². The third kappa shape index (κ3) is 6.42. The zero-order valence-corrected chi connectivity index (χ0v) is 14.6. The van der Waals surface area contributed by atoms with Crippen LogP contribution in [0.1, 0.15) is 36.5 Å². The van der Waals surface area contributed by atoms with E-state index >= 15 is 0 Å². The molecular weight excluding hydrogens is 314 g/mol. The van der Waals surface area contributed by atoms with Crippen LogP contribution in [0.2, 0.25) is 0 Å². The first-order chi connectivity index (χ1) is 12.1. The summed E-state index contributed by atoms with van der Waals surface area (Å²) in [5, 5.41) is 8.93. The van der Waals surface area contributed by atoms with Gasteiger partial charge in [-0.05, 0) is 29.5 Å². The summed E-state index contributed by atoms with van der Waals surface area (Å²) >= 11 is 0. The summed E-state index contributed by atoms with van der Waals surface area (Å²) < 4.78 is 0. The second-order valence-electron chi connectivity index (χ2n) is 6.15. The molecule has 0 atom stereocenters. The fourth-order valence-electron chi connectivity index (χ4n) is 2.87. The second kappa shape index (κ2) is 9.62. The van der Waals surface area contributed by atoms with Crippen LogP contribution in [-0.4, -0.2) is 28.4 Å². The number of amides is 1. The molecule has 0 bridgehead atoms. The number of aryl methyl sites for hydroxylation is 1. The first kappa shape index (κ1) is 18.7. The van der Waals surface area contributed by atoms with Gasteiger partial charge in [-0.15, -0.1) is 0 Å². The SMILES string of the molecule is CCC(=O)N(CCCc1ccccc1)Cc1cccc(CC(=O)O)c1. The Hall–Kier alpha value is -2.62. The van der Waals surface area contributed by atoms with E-state index in [0.29, 0.717) is 19.5 Å². The zero-order valence-electron chi connectivity index (χ0n) is 14.6. The molecule has 1 amide bonds. The van der Waals surface area contributed by atoms with E-state index in [1.807, 2.05) is 48.2 Å². The number of aliphatic carboxylic acids is 1. The number of carboxylic acid groups (broad SMARTS) is 1. The minimum atomic E-state index is -0.846. The highest BCUT2D eigenvalue weighted by atomic mass is 16.4. The molecule has 132 valence electrons. The molecule has 2 aromatic rings. The molecule has 0 aliphatic heterocycles. The van der Waals surface area contributed by atoms with Gasteiger partial charge in [0, 0.05) is 19.5 Å². The first-order valence-corrected chi connectivity index (χ1v) is 8.69. The molecule has 0 aliphatic rings. The van der Waals surface area contributed by atoms with Gasteiger partial charge in [-0.3, -0.25) is 9.59 Å². The van der Waals surface area contributed by atoms with Crippen molar-refractivity contribution in [1.82, 2.24) is 4.90 Å². The number of nitrogens with zero attached hydrogens (tertiary/aromatic N) is 1. The van der Waals surface area contributed by atoms with Crippen LogP contribution in [0.15, 0.2) is 54.6 Å². The molecule has 4 heteroatoms. The third-order valence-corrected chi connectivity index (χ3v) is 4.11.